The maximum absolute atomic E-state index is 5.33. The molecular formula is C7H13NO. The van der Waals surface area contributed by atoms with Gasteiger partial charge in [-0.15, -0.1) is 0 Å². The average molecular weight is 127 g/mol. The monoisotopic (exact) mass is 127 g/mol. The first-order chi connectivity index (χ1) is 4.47. The molecule has 0 saturated carbocycles. The van der Waals surface area contributed by atoms with Crippen molar-refractivity contribution in [2.24, 2.45) is 0 Å². The SMILES string of the molecule is C1CC2CCN2CCO1. The lowest BCUT2D eigenvalue weighted by atomic mass is 10.0. The van der Waals surface area contributed by atoms with Crippen LogP contribution in [-0.4, -0.2) is 37.2 Å². The number of rotatable bonds is 0. The van der Waals surface area contributed by atoms with Gasteiger partial charge < -0.3 is 4.74 Å². The molecule has 0 aromatic carbocycles. The Morgan fingerprint density at radius 1 is 1.11 bits per heavy atom. The third-order valence-corrected chi connectivity index (χ3v) is 2.38. The van der Waals surface area contributed by atoms with Crippen LogP contribution >= 0.6 is 0 Å². The van der Waals surface area contributed by atoms with Crippen molar-refractivity contribution in [3.63, 3.8) is 0 Å². The van der Waals surface area contributed by atoms with Crippen molar-refractivity contribution >= 4 is 0 Å². The highest BCUT2D eigenvalue weighted by molar-refractivity contribution is 4.83. The Labute approximate surface area is 55.8 Å². The lowest BCUT2D eigenvalue weighted by Crippen LogP contribution is -2.47. The first-order valence-electron chi connectivity index (χ1n) is 3.78. The van der Waals surface area contributed by atoms with E-state index in [1.54, 1.807) is 0 Å². The maximum atomic E-state index is 5.33. The predicted octanol–water partition coefficient (Wildman–Crippen LogP) is 0.481. The van der Waals surface area contributed by atoms with E-state index in [1.807, 2.05) is 0 Å². The summed E-state index contributed by atoms with van der Waals surface area (Å²) >= 11 is 0. The van der Waals surface area contributed by atoms with Crippen molar-refractivity contribution in [3.05, 3.63) is 0 Å². The molecule has 0 spiro atoms. The minimum Gasteiger partial charge on any atom is -0.380 e. The van der Waals surface area contributed by atoms with Gasteiger partial charge in [-0.25, -0.2) is 0 Å². The number of hydrogen-bond acceptors (Lipinski definition) is 2. The lowest BCUT2D eigenvalue weighted by molar-refractivity contribution is 0.0952. The van der Waals surface area contributed by atoms with Crippen LogP contribution in [0.5, 0.6) is 0 Å². The molecule has 2 aliphatic rings. The molecule has 0 radical (unpaired) electrons. The summed E-state index contributed by atoms with van der Waals surface area (Å²) in [6.07, 6.45) is 2.67. The number of hydrogen-bond donors (Lipinski definition) is 0. The Hall–Kier alpha value is -0.0800. The van der Waals surface area contributed by atoms with Gasteiger partial charge in [0.25, 0.3) is 0 Å². The van der Waals surface area contributed by atoms with Crippen LogP contribution in [0.3, 0.4) is 0 Å². The van der Waals surface area contributed by atoms with Crippen molar-refractivity contribution < 1.29 is 4.74 Å². The van der Waals surface area contributed by atoms with E-state index in [1.165, 1.54) is 25.9 Å². The molecule has 2 aliphatic heterocycles. The van der Waals surface area contributed by atoms with Gasteiger partial charge in [0.2, 0.25) is 0 Å². The smallest absolute Gasteiger partial charge is 0.0593 e. The van der Waals surface area contributed by atoms with E-state index >= 15 is 0 Å². The van der Waals surface area contributed by atoms with Gasteiger partial charge in [0.1, 0.15) is 0 Å². The van der Waals surface area contributed by atoms with Crippen molar-refractivity contribution in [3.8, 4) is 0 Å². The highest BCUT2D eigenvalue weighted by Crippen LogP contribution is 2.21. The molecule has 2 nitrogen and oxygen atoms in total. The quantitative estimate of drug-likeness (QED) is 0.469. The minimum absolute atomic E-state index is 0.882. The molecule has 1 unspecified atom stereocenters. The standard InChI is InChI=1S/C7H13NO/c1-3-8-4-6-9-5-2-7(1)8/h7H,1-6H2. The summed E-state index contributed by atoms with van der Waals surface area (Å²) in [5.41, 5.74) is 0. The van der Waals surface area contributed by atoms with Crippen molar-refractivity contribution in [1.29, 1.82) is 0 Å². The second kappa shape index (κ2) is 2.27. The molecule has 0 aromatic rings. The van der Waals surface area contributed by atoms with E-state index < -0.39 is 0 Å². The Morgan fingerprint density at radius 3 is 2.89 bits per heavy atom. The van der Waals surface area contributed by atoms with Crippen LogP contribution in [0.2, 0.25) is 0 Å². The third-order valence-electron chi connectivity index (χ3n) is 2.38. The molecule has 9 heavy (non-hydrogen) atoms. The van der Waals surface area contributed by atoms with Crippen LogP contribution in [0.25, 0.3) is 0 Å². The fraction of sp³-hybridized carbons (Fsp3) is 1.00. The van der Waals surface area contributed by atoms with Crippen LogP contribution < -0.4 is 0 Å². The molecule has 2 heterocycles. The van der Waals surface area contributed by atoms with Gasteiger partial charge in [-0.05, 0) is 12.8 Å². The molecule has 52 valence electrons. The number of nitrogens with zero attached hydrogens (tertiary/aromatic N) is 1. The fourth-order valence-electron chi connectivity index (χ4n) is 1.62. The second-order valence-electron chi connectivity index (χ2n) is 2.88. The molecule has 0 amide bonds. The molecule has 1 atom stereocenters. The van der Waals surface area contributed by atoms with Gasteiger partial charge in [-0.1, -0.05) is 0 Å². The van der Waals surface area contributed by atoms with Gasteiger partial charge in [-0.2, -0.15) is 0 Å². The zero-order valence-corrected chi connectivity index (χ0v) is 5.68. The van der Waals surface area contributed by atoms with Crippen LogP contribution in [0.4, 0.5) is 0 Å². The Morgan fingerprint density at radius 2 is 2.11 bits per heavy atom. The zero-order chi connectivity index (χ0) is 6.10. The van der Waals surface area contributed by atoms with Crippen molar-refractivity contribution in [1.82, 2.24) is 4.90 Å². The van der Waals surface area contributed by atoms with Crippen LogP contribution in [0, 0.1) is 0 Å². The summed E-state index contributed by atoms with van der Waals surface area (Å²) in [5, 5.41) is 0. The zero-order valence-electron chi connectivity index (χ0n) is 5.68. The van der Waals surface area contributed by atoms with Gasteiger partial charge in [0, 0.05) is 25.7 Å². The molecule has 2 saturated heterocycles. The molecule has 2 heteroatoms. The van der Waals surface area contributed by atoms with Crippen LogP contribution in [0.1, 0.15) is 12.8 Å². The molecule has 2 rings (SSSR count). The average Bonchev–Trinajstić information content (AvgIpc) is 1.94. The van der Waals surface area contributed by atoms with E-state index in [0.29, 0.717) is 0 Å². The normalized spacial score (nSPS) is 36.7. The van der Waals surface area contributed by atoms with E-state index in [-0.39, 0.29) is 0 Å². The fourth-order valence-corrected chi connectivity index (χ4v) is 1.62. The van der Waals surface area contributed by atoms with Crippen molar-refractivity contribution in [2.75, 3.05) is 26.3 Å². The van der Waals surface area contributed by atoms with E-state index in [9.17, 15) is 0 Å². The molecule has 0 bridgehead atoms. The van der Waals surface area contributed by atoms with E-state index in [4.69, 9.17) is 4.74 Å². The summed E-state index contributed by atoms with van der Waals surface area (Å²) in [7, 11) is 0. The van der Waals surface area contributed by atoms with E-state index in [0.717, 1.165) is 19.3 Å². The summed E-state index contributed by atoms with van der Waals surface area (Å²) in [5.74, 6) is 0. The number of ether oxygens (including phenoxy) is 1. The Kier molecular flexibility index (Phi) is 1.44. The lowest BCUT2D eigenvalue weighted by Gasteiger charge is -2.38. The molecule has 2 fully saturated rings. The van der Waals surface area contributed by atoms with Crippen LogP contribution in [0.15, 0.2) is 0 Å². The highest BCUT2D eigenvalue weighted by Gasteiger charge is 2.28. The molecule has 0 aliphatic carbocycles. The maximum Gasteiger partial charge on any atom is 0.0593 e. The Bertz CT molecular complexity index is 93.1. The molecule has 0 aromatic heterocycles. The van der Waals surface area contributed by atoms with Gasteiger partial charge in [0.05, 0.1) is 6.61 Å². The molecular weight excluding hydrogens is 114 g/mol. The van der Waals surface area contributed by atoms with Crippen LogP contribution in [-0.2, 0) is 4.74 Å². The minimum atomic E-state index is 0.882. The highest BCUT2D eigenvalue weighted by atomic mass is 16.5. The third kappa shape index (κ3) is 0.970. The summed E-state index contributed by atoms with van der Waals surface area (Å²) in [6, 6.07) is 0.882. The van der Waals surface area contributed by atoms with Gasteiger partial charge in [-0.3, -0.25) is 4.90 Å². The molecule has 0 N–H and O–H groups in total. The summed E-state index contributed by atoms with van der Waals surface area (Å²) < 4.78 is 5.33. The topological polar surface area (TPSA) is 12.5 Å². The van der Waals surface area contributed by atoms with Crippen molar-refractivity contribution in [2.45, 2.75) is 18.9 Å². The van der Waals surface area contributed by atoms with Gasteiger partial charge in [0.15, 0.2) is 0 Å². The first-order valence-corrected chi connectivity index (χ1v) is 3.78. The summed E-state index contributed by atoms with van der Waals surface area (Å²) in [6.45, 7) is 4.43. The van der Waals surface area contributed by atoms with Gasteiger partial charge >= 0.3 is 0 Å². The Balaban J connectivity index is 1.90. The number of fused-ring (bicyclic) bond motifs is 1. The van der Waals surface area contributed by atoms with E-state index in [2.05, 4.69) is 4.90 Å². The second-order valence-corrected chi connectivity index (χ2v) is 2.88. The first kappa shape index (κ1) is 5.69. The largest absolute Gasteiger partial charge is 0.380 e. The summed E-state index contributed by atoms with van der Waals surface area (Å²) in [4.78, 5) is 2.52. The predicted molar refractivity (Wildman–Crippen MR) is 35.4 cm³/mol.